The molecule has 1 aromatic rings. The molecule has 1 aliphatic rings. The molecule has 0 atom stereocenters. The average Bonchev–Trinajstić information content (AvgIpc) is 2.38. The third kappa shape index (κ3) is 3.26. The molecule has 2 N–H and O–H groups in total. The van der Waals surface area contributed by atoms with Crippen molar-refractivity contribution in [3.63, 3.8) is 0 Å². The summed E-state index contributed by atoms with van der Waals surface area (Å²) in [4.78, 5) is 11.8. The van der Waals surface area contributed by atoms with Crippen molar-refractivity contribution in [2.24, 2.45) is 0 Å². The average molecular weight is 237 g/mol. The maximum atomic E-state index is 11.8. The lowest BCUT2D eigenvalue weighted by atomic mass is 10.2. The quantitative estimate of drug-likeness (QED) is 0.757. The summed E-state index contributed by atoms with van der Waals surface area (Å²) in [6, 6.07) is 8.98. The Balaban J connectivity index is 1.87. The van der Waals surface area contributed by atoms with Crippen LogP contribution in [0.4, 0.5) is 0 Å². The molecule has 0 aliphatic carbocycles. The van der Waals surface area contributed by atoms with Gasteiger partial charge in [0, 0.05) is 5.56 Å². The van der Waals surface area contributed by atoms with Crippen LogP contribution >= 0.6 is 0 Å². The molecule has 0 saturated carbocycles. The summed E-state index contributed by atoms with van der Waals surface area (Å²) < 4.78 is 5.01. The fourth-order valence-electron chi connectivity index (χ4n) is 1.75. The van der Waals surface area contributed by atoms with Gasteiger partial charge < -0.3 is 10.1 Å². The zero-order valence-electron chi connectivity index (χ0n) is 9.63. The zero-order chi connectivity index (χ0) is 12.1. The second-order valence-corrected chi connectivity index (χ2v) is 4.18. The standard InChI is InChI=1S/C12H16N2O3/c15-12(11-4-2-1-3-5-11)13-10-14(16)6-8-17-9-7-14/h1-5,16H,6-10H2/p+1. The predicted octanol–water partition coefficient (Wildman–Crippen LogP) is 0.610. The highest BCUT2D eigenvalue weighted by Crippen LogP contribution is 2.05. The Morgan fingerprint density at radius 2 is 1.94 bits per heavy atom. The summed E-state index contributed by atoms with van der Waals surface area (Å²) in [5.74, 6) is -0.163. The molecule has 17 heavy (non-hydrogen) atoms. The highest BCUT2D eigenvalue weighted by atomic mass is 16.6. The molecule has 0 aromatic heterocycles. The van der Waals surface area contributed by atoms with Crippen LogP contribution in [0.1, 0.15) is 10.4 Å². The second-order valence-electron chi connectivity index (χ2n) is 4.18. The van der Waals surface area contributed by atoms with Crippen LogP contribution < -0.4 is 5.32 Å². The van der Waals surface area contributed by atoms with Gasteiger partial charge in [0.2, 0.25) is 0 Å². The minimum absolute atomic E-state index is 0.154. The SMILES string of the molecule is O=C(NC[N+]1(O)CCOCC1)c1ccccc1. The number of ether oxygens (including phenoxy) is 1. The summed E-state index contributed by atoms with van der Waals surface area (Å²) in [7, 11) is 0. The zero-order valence-corrected chi connectivity index (χ0v) is 9.63. The summed E-state index contributed by atoms with van der Waals surface area (Å²) in [6.07, 6.45) is 0. The van der Waals surface area contributed by atoms with Crippen LogP contribution in [0.5, 0.6) is 0 Å². The summed E-state index contributed by atoms with van der Waals surface area (Å²) in [5.41, 5.74) is 0.604. The lowest BCUT2D eigenvalue weighted by molar-refractivity contribution is -1.11. The van der Waals surface area contributed by atoms with Crippen molar-refractivity contribution in [3.8, 4) is 0 Å². The summed E-state index contributed by atoms with van der Waals surface area (Å²) in [5, 5.41) is 12.8. The van der Waals surface area contributed by atoms with E-state index in [1.807, 2.05) is 18.2 Å². The van der Waals surface area contributed by atoms with Gasteiger partial charge in [0.05, 0.1) is 13.2 Å². The third-order valence-corrected chi connectivity index (χ3v) is 2.87. The van der Waals surface area contributed by atoms with Crippen LogP contribution in [0.2, 0.25) is 0 Å². The maximum absolute atomic E-state index is 11.8. The van der Waals surface area contributed by atoms with Gasteiger partial charge in [-0.05, 0) is 12.1 Å². The Morgan fingerprint density at radius 1 is 1.29 bits per heavy atom. The van der Waals surface area contributed by atoms with Gasteiger partial charge >= 0.3 is 0 Å². The van der Waals surface area contributed by atoms with Gasteiger partial charge in [0.25, 0.3) is 5.91 Å². The Bertz CT molecular complexity index is 375. The van der Waals surface area contributed by atoms with Crippen LogP contribution in [0.25, 0.3) is 0 Å². The van der Waals surface area contributed by atoms with Gasteiger partial charge in [-0.25, -0.2) is 5.21 Å². The van der Waals surface area contributed by atoms with E-state index < -0.39 is 0 Å². The van der Waals surface area contributed by atoms with Crippen molar-refractivity contribution in [2.45, 2.75) is 0 Å². The van der Waals surface area contributed by atoms with Gasteiger partial charge in [-0.3, -0.25) is 4.79 Å². The van der Waals surface area contributed by atoms with Crippen molar-refractivity contribution in [1.29, 1.82) is 0 Å². The number of nitrogens with zero attached hydrogens (tertiary/aromatic N) is 1. The molecule has 92 valence electrons. The van der Waals surface area contributed by atoms with Crippen molar-refractivity contribution < 1.29 is 19.4 Å². The van der Waals surface area contributed by atoms with E-state index in [1.165, 1.54) is 0 Å². The van der Waals surface area contributed by atoms with Crippen molar-refractivity contribution >= 4 is 5.91 Å². The number of carbonyl (C=O) groups is 1. The van der Waals surface area contributed by atoms with E-state index in [9.17, 15) is 10.0 Å². The molecule has 0 bridgehead atoms. The molecule has 5 nitrogen and oxygen atoms in total. The van der Waals surface area contributed by atoms with E-state index in [0.717, 1.165) is 0 Å². The first kappa shape index (κ1) is 12.0. The monoisotopic (exact) mass is 237 g/mol. The second kappa shape index (κ2) is 5.27. The fourth-order valence-corrected chi connectivity index (χ4v) is 1.75. The number of rotatable bonds is 3. The van der Waals surface area contributed by atoms with Gasteiger partial charge in [-0.1, -0.05) is 18.2 Å². The number of carbonyl (C=O) groups excluding carboxylic acids is 1. The molecular formula is C12H17N2O3+. The van der Waals surface area contributed by atoms with Gasteiger partial charge in [0.15, 0.2) is 6.67 Å². The number of hydroxylamine groups is 3. The van der Waals surface area contributed by atoms with Crippen LogP contribution in [-0.4, -0.2) is 48.7 Å². The molecule has 0 unspecified atom stereocenters. The van der Waals surface area contributed by atoms with Crippen LogP contribution in [0.3, 0.4) is 0 Å². The fraction of sp³-hybridized carbons (Fsp3) is 0.417. The summed E-state index contributed by atoms with van der Waals surface area (Å²) >= 11 is 0. The normalized spacial score (nSPS) is 18.6. The predicted molar refractivity (Wildman–Crippen MR) is 61.4 cm³/mol. The smallest absolute Gasteiger partial charge is 0.255 e. The minimum Gasteiger partial charge on any atom is -0.370 e. The molecule has 5 heteroatoms. The Hall–Kier alpha value is -1.43. The van der Waals surface area contributed by atoms with Gasteiger partial charge in [-0.15, -0.1) is 0 Å². The first-order valence-corrected chi connectivity index (χ1v) is 5.69. The first-order valence-electron chi connectivity index (χ1n) is 5.69. The molecule has 2 rings (SSSR count). The molecule has 0 spiro atoms. The number of hydrogen-bond donors (Lipinski definition) is 2. The lowest BCUT2D eigenvalue weighted by Gasteiger charge is -2.33. The number of quaternary nitrogens is 1. The van der Waals surface area contributed by atoms with E-state index in [-0.39, 0.29) is 17.2 Å². The number of nitrogens with one attached hydrogen (secondary N) is 1. The Labute approximate surface area is 100 Å². The van der Waals surface area contributed by atoms with Gasteiger partial charge in [0.1, 0.15) is 13.1 Å². The highest BCUT2D eigenvalue weighted by molar-refractivity contribution is 5.93. The summed E-state index contributed by atoms with van der Waals surface area (Å²) in [6.45, 7) is 2.29. The van der Waals surface area contributed by atoms with E-state index in [0.29, 0.717) is 31.9 Å². The largest absolute Gasteiger partial charge is 0.370 e. The molecule has 1 heterocycles. The van der Waals surface area contributed by atoms with Crippen molar-refractivity contribution in [2.75, 3.05) is 33.0 Å². The van der Waals surface area contributed by atoms with E-state index >= 15 is 0 Å². The molecule has 0 radical (unpaired) electrons. The topological polar surface area (TPSA) is 58.6 Å². The van der Waals surface area contributed by atoms with E-state index in [2.05, 4.69) is 5.32 Å². The number of morpholine rings is 1. The molecule has 1 aliphatic heterocycles. The van der Waals surface area contributed by atoms with E-state index in [4.69, 9.17) is 4.74 Å². The number of benzene rings is 1. The molecule has 1 saturated heterocycles. The molecule has 1 fully saturated rings. The van der Waals surface area contributed by atoms with Crippen molar-refractivity contribution in [3.05, 3.63) is 35.9 Å². The lowest BCUT2D eigenvalue weighted by Crippen LogP contribution is -2.57. The molecular weight excluding hydrogens is 220 g/mol. The van der Waals surface area contributed by atoms with Crippen LogP contribution in [0.15, 0.2) is 30.3 Å². The number of hydrogen-bond acceptors (Lipinski definition) is 3. The Kier molecular flexibility index (Phi) is 3.73. The van der Waals surface area contributed by atoms with Crippen LogP contribution in [-0.2, 0) is 4.74 Å². The van der Waals surface area contributed by atoms with Crippen molar-refractivity contribution in [1.82, 2.24) is 5.32 Å². The van der Waals surface area contributed by atoms with Gasteiger partial charge in [-0.2, -0.15) is 4.65 Å². The minimum atomic E-state index is -0.163. The molecule has 1 aromatic carbocycles. The van der Waals surface area contributed by atoms with E-state index in [1.54, 1.807) is 12.1 Å². The number of amides is 1. The highest BCUT2D eigenvalue weighted by Gasteiger charge is 2.29. The van der Waals surface area contributed by atoms with Crippen LogP contribution in [0, 0.1) is 0 Å². The third-order valence-electron chi connectivity index (χ3n) is 2.87. The maximum Gasteiger partial charge on any atom is 0.255 e. The Morgan fingerprint density at radius 3 is 2.59 bits per heavy atom. The first-order chi connectivity index (χ1) is 8.20. The molecule has 1 amide bonds.